The van der Waals surface area contributed by atoms with Crippen LogP contribution in [0.1, 0.15) is 26.5 Å². The molecule has 0 spiro atoms. The zero-order chi connectivity index (χ0) is 14.9. The molecule has 0 atom stereocenters. The maximum atomic E-state index is 10.00. The molecule has 2 aromatic rings. The predicted octanol–water partition coefficient (Wildman–Crippen LogP) is 3.11. The van der Waals surface area contributed by atoms with Crippen LogP contribution in [0, 0.1) is 6.57 Å². The Bertz CT molecular complexity index is 696. The summed E-state index contributed by atoms with van der Waals surface area (Å²) in [6.45, 7) is 12.9. The molecular weight excluding hydrogens is 258 g/mol. The minimum atomic E-state index is -0.288. The van der Waals surface area contributed by atoms with E-state index >= 15 is 0 Å². The third-order valence-electron chi connectivity index (χ3n) is 2.67. The summed E-state index contributed by atoms with van der Waals surface area (Å²) in [5.74, 6) is 0.186. The van der Waals surface area contributed by atoms with E-state index in [4.69, 9.17) is 6.57 Å². The van der Waals surface area contributed by atoms with Gasteiger partial charge in [-0.05, 0) is 0 Å². The second-order valence-corrected chi connectivity index (χ2v) is 5.31. The Morgan fingerprint density at radius 3 is 2.70 bits per heavy atom. The van der Waals surface area contributed by atoms with Crippen molar-refractivity contribution in [3.8, 4) is 5.88 Å². The molecule has 0 fully saturated rings. The molecule has 2 N–H and O–H groups in total. The minimum Gasteiger partial charge on any atom is -0.492 e. The number of aryl methyl sites for hydroxylation is 1. The van der Waals surface area contributed by atoms with Gasteiger partial charge in [-0.2, -0.15) is 10.2 Å². The van der Waals surface area contributed by atoms with E-state index in [9.17, 15) is 5.11 Å². The zero-order valence-electron chi connectivity index (χ0n) is 11.7. The fourth-order valence-electron chi connectivity index (χ4n) is 1.63. The van der Waals surface area contributed by atoms with Crippen molar-refractivity contribution in [3.63, 3.8) is 0 Å². The van der Waals surface area contributed by atoms with Crippen molar-refractivity contribution in [1.82, 2.24) is 20.0 Å². The first-order valence-electron chi connectivity index (χ1n) is 5.93. The molecule has 0 aliphatic heterocycles. The highest BCUT2D eigenvalue weighted by molar-refractivity contribution is 5.61. The lowest BCUT2D eigenvalue weighted by Crippen LogP contribution is -2.12. The van der Waals surface area contributed by atoms with Crippen LogP contribution in [0.2, 0.25) is 0 Å². The van der Waals surface area contributed by atoms with Gasteiger partial charge >= 0.3 is 0 Å². The van der Waals surface area contributed by atoms with E-state index in [0.29, 0.717) is 11.4 Å². The predicted molar refractivity (Wildman–Crippen MR) is 72.6 cm³/mol. The molecule has 0 radical (unpaired) electrons. The Morgan fingerprint density at radius 1 is 1.40 bits per heavy atom. The van der Waals surface area contributed by atoms with Crippen molar-refractivity contribution in [1.29, 1.82) is 0 Å². The molecule has 2 heterocycles. The smallest absolute Gasteiger partial charge is 0.251 e. The molecule has 0 bridgehead atoms. The van der Waals surface area contributed by atoms with E-state index < -0.39 is 0 Å². The average molecular weight is 273 g/mol. The van der Waals surface area contributed by atoms with Gasteiger partial charge in [-0.1, -0.05) is 20.8 Å². The number of nitrogens with one attached hydrogen (secondary N) is 1. The van der Waals surface area contributed by atoms with Gasteiger partial charge < -0.3 is 5.11 Å². The lowest BCUT2D eigenvalue weighted by atomic mass is 9.91. The Kier molecular flexibility index (Phi) is 3.28. The van der Waals surface area contributed by atoms with Gasteiger partial charge in [-0.15, -0.1) is 10.2 Å². The van der Waals surface area contributed by atoms with Gasteiger partial charge in [0.2, 0.25) is 5.88 Å². The van der Waals surface area contributed by atoms with E-state index in [-0.39, 0.29) is 22.8 Å². The zero-order valence-corrected chi connectivity index (χ0v) is 11.7. The molecular formula is C12H15N7O. The number of aromatic hydroxyl groups is 1. The number of hydrogen-bond donors (Lipinski definition) is 2. The van der Waals surface area contributed by atoms with E-state index in [1.54, 1.807) is 7.05 Å². The summed E-state index contributed by atoms with van der Waals surface area (Å²) >= 11 is 0. The standard InChI is InChI=1S/C12H15N7O/c1-12(2,3)9-8(11(20)19(5)18-9)15-17-10-7(13-4)6-14-16-10/h6,20H,1-3,5H3,(H,14,16)/b17-15+. The van der Waals surface area contributed by atoms with Crippen molar-refractivity contribution in [2.75, 3.05) is 0 Å². The highest BCUT2D eigenvalue weighted by Crippen LogP contribution is 2.38. The summed E-state index contributed by atoms with van der Waals surface area (Å²) in [7, 11) is 1.63. The van der Waals surface area contributed by atoms with E-state index in [0.717, 1.165) is 0 Å². The Balaban J connectivity index is 2.47. The lowest BCUT2D eigenvalue weighted by Gasteiger charge is -2.14. The Hall–Kier alpha value is -2.69. The quantitative estimate of drug-likeness (QED) is 0.650. The van der Waals surface area contributed by atoms with Crippen LogP contribution in [-0.2, 0) is 12.5 Å². The summed E-state index contributed by atoms with van der Waals surface area (Å²) < 4.78 is 1.34. The summed E-state index contributed by atoms with van der Waals surface area (Å²) in [4.78, 5) is 3.26. The molecule has 104 valence electrons. The number of aromatic nitrogens is 4. The SMILES string of the molecule is [C-]#[N+]c1cn[nH]c1/N=N/c1c(C(C)(C)C)nn(C)c1O. The van der Waals surface area contributed by atoms with E-state index in [2.05, 4.69) is 30.4 Å². The molecule has 0 unspecified atom stereocenters. The largest absolute Gasteiger partial charge is 0.492 e. The van der Waals surface area contributed by atoms with E-state index in [1.165, 1.54) is 10.9 Å². The molecule has 0 saturated carbocycles. The number of H-pyrrole nitrogens is 1. The summed E-state index contributed by atoms with van der Waals surface area (Å²) in [5.41, 5.74) is 0.911. The first kappa shape index (κ1) is 13.7. The fourth-order valence-corrected chi connectivity index (χ4v) is 1.63. The van der Waals surface area contributed by atoms with Crippen LogP contribution in [0.4, 0.5) is 17.2 Å². The highest BCUT2D eigenvalue weighted by Gasteiger charge is 2.26. The lowest BCUT2D eigenvalue weighted by molar-refractivity contribution is 0.419. The highest BCUT2D eigenvalue weighted by atomic mass is 16.3. The van der Waals surface area contributed by atoms with Gasteiger partial charge in [0.25, 0.3) is 5.69 Å². The normalized spacial score (nSPS) is 11.9. The van der Waals surface area contributed by atoms with Crippen molar-refractivity contribution in [2.45, 2.75) is 26.2 Å². The number of rotatable bonds is 2. The fraction of sp³-hybridized carbons (Fsp3) is 0.417. The molecule has 0 aliphatic carbocycles. The molecule has 0 amide bonds. The van der Waals surface area contributed by atoms with Crippen LogP contribution >= 0.6 is 0 Å². The number of nitrogens with zero attached hydrogens (tertiary/aromatic N) is 6. The van der Waals surface area contributed by atoms with Gasteiger partial charge in [0.1, 0.15) is 0 Å². The maximum Gasteiger partial charge on any atom is 0.251 e. The summed E-state index contributed by atoms with van der Waals surface area (Å²) in [6, 6.07) is 0. The summed E-state index contributed by atoms with van der Waals surface area (Å²) in [5, 5.41) is 28.5. The van der Waals surface area contributed by atoms with E-state index in [1.807, 2.05) is 20.8 Å². The van der Waals surface area contributed by atoms with Crippen molar-refractivity contribution >= 4 is 17.2 Å². The molecule has 2 aromatic heterocycles. The van der Waals surface area contributed by atoms with Crippen molar-refractivity contribution in [2.24, 2.45) is 17.3 Å². The molecule has 20 heavy (non-hydrogen) atoms. The molecule has 8 nitrogen and oxygen atoms in total. The van der Waals surface area contributed by atoms with Crippen LogP contribution in [0.15, 0.2) is 16.4 Å². The van der Waals surface area contributed by atoms with Crippen LogP contribution in [-0.4, -0.2) is 25.1 Å². The van der Waals surface area contributed by atoms with Crippen molar-refractivity contribution in [3.05, 3.63) is 23.3 Å². The first-order chi connectivity index (χ1) is 9.34. The van der Waals surface area contributed by atoms with Crippen LogP contribution < -0.4 is 0 Å². The molecule has 0 aliphatic rings. The van der Waals surface area contributed by atoms with Crippen LogP contribution in [0.3, 0.4) is 0 Å². The maximum absolute atomic E-state index is 10.00. The second-order valence-electron chi connectivity index (χ2n) is 5.31. The average Bonchev–Trinajstić information content (AvgIpc) is 2.93. The Morgan fingerprint density at radius 2 is 2.10 bits per heavy atom. The topological polar surface area (TPSA) is 95.8 Å². The van der Waals surface area contributed by atoms with Gasteiger partial charge in [0.05, 0.1) is 18.5 Å². The van der Waals surface area contributed by atoms with Crippen molar-refractivity contribution < 1.29 is 5.11 Å². The number of aromatic amines is 1. The first-order valence-corrected chi connectivity index (χ1v) is 5.93. The number of azo groups is 1. The third-order valence-corrected chi connectivity index (χ3v) is 2.67. The van der Waals surface area contributed by atoms with Gasteiger partial charge in [0.15, 0.2) is 11.5 Å². The monoisotopic (exact) mass is 273 g/mol. The summed E-state index contributed by atoms with van der Waals surface area (Å²) in [6.07, 6.45) is 1.37. The van der Waals surface area contributed by atoms with Crippen LogP contribution in [0.5, 0.6) is 5.88 Å². The Labute approximate surface area is 116 Å². The van der Waals surface area contributed by atoms with Gasteiger partial charge in [0, 0.05) is 12.5 Å². The molecule has 0 saturated heterocycles. The minimum absolute atomic E-state index is 0.0671. The second kappa shape index (κ2) is 4.77. The van der Waals surface area contributed by atoms with Gasteiger partial charge in [-0.25, -0.2) is 9.53 Å². The van der Waals surface area contributed by atoms with Gasteiger partial charge in [-0.3, -0.25) is 5.10 Å². The number of hydrogen-bond acceptors (Lipinski definition) is 5. The molecule has 8 heteroatoms. The third kappa shape index (κ3) is 2.38. The molecule has 0 aromatic carbocycles. The molecule has 2 rings (SSSR count). The van der Waals surface area contributed by atoms with Crippen LogP contribution in [0.25, 0.3) is 4.85 Å².